The molecule has 2 rings (SSSR count). The highest BCUT2D eigenvalue weighted by Crippen LogP contribution is 2.19. The Bertz CT molecular complexity index is 365. The first kappa shape index (κ1) is 10.6. The summed E-state index contributed by atoms with van der Waals surface area (Å²) in [4.78, 5) is 15.6. The van der Waals surface area contributed by atoms with Crippen molar-refractivity contribution in [1.82, 2.24) is 10.3 Å². The summed E-state index contributed by atoms with van der Waals surface area (Å²) >= 11 is 3.28. The van der Waals surface area contributed by atoms with E-state index in [1.54, 1.807) is 12.3 Å². The maximum absolute atomic E-state index is 11.6. The number of aromatic nitrogens is 1. The fourth-order valence-electron chi connectivity index (χ4n) is 1.44. The Morgan fingerprint density at radius 1 is 1.67 bits per heavy atom. The van der Waals surface area contributed by atoms with Gasteiger partial charge in [-0.15, -0.1) is 0 Å². The Hall–Kier alpha value is -0.940. The first-order chi connectivity index (χ1) is 7.25. The number of hydrogen-bond donors (Lipinski definition) is 2. The molecule has 0 spiro atoms. The van der Waals surface area contributed by atoms with Gasteiger partial charge in [0.1, 0.15) is 4.60 Å². The van der Waals surface area contributed by atoms with E-state index >= 15 is 0 Å². The van der Waals surface area contributed by atoms with Gasteiger partial charge in [0.25, 0.3) is 0 Å². The second-order valence-corrected chi connectivity index (χ2v) is 4.37. The summed E-state index contributed by atoms with van der Waals surface area (Å²) in [5, 5.41) is 5.97. The van der Waals surface area contributed by atoms with Gasteiger partial charge in [0, 0.05) is 12.6 Å². The fourth-order valence-corrected chi connectivity index (χ4v) is 1.79. The van der Waals surface area contributed by atoms with E-state index in [1.807, 2.05) is 6.07 Å². The van der Waals surface area contributed by atoms with Crippen LogP contribution in [0.1, 0.15) is 6.42 Å². The summed E-state index contributed by atoms with van der Waals surface area (Å²) < 4.78 is 0.671. The van der Waals surface area contributed by atoms with Crippen molar-refractivity contribution in [2.45, 2.75) is 6.42 Å². The van der Waals surface area contributed by atoms with Crippen LogP contribution in [0.3, 0.4) is 0 Å². The third-order valence-corrected chi connectivity index (χ3v) is 3.01. The van der Waals surface area contributed by atoms with Crippen molar-refractivity contribution < 1.29 is 4.79 Å². The van der Waals surface area contributed by atoms with Gasteiger partial charge in [-0.05, 0) is 47.1 Å². The van der Waals surface area contributed by atoms with E-state index in [-0.39, 0.29) is 5.91 Å². The number of carbonyl (C=O) groups is 1. The van der Waals surface area contributed by atoms with Crippen LogP contribution in [0, 0.1) is 5.92 Å². The van der Waals surface area contributed by atoms with Crippen LogP contribution in [0.25, 0.3) is 0 Å². The minimum Gasteiger partial charge on any atom is -0.324 e. The second kappa shape index (κ2) is 4.72. The molecule has 1 aliphatic rings. The zero-order valence-electron chi connectivity index (χ0n) is 8.16. The van der Waals surface area contributed by atoms with Crippen LogP contribution in [0.15, 0.2) is 22.9 Å². The summed E-state index contributed by atoms with van der Waals surface area (Å²) in [5.74, 6) is 0.538. The Kier molecular flexibility index (Phi) is 3.33. The number of rotatable bonds is 3. The molecule has 0 aliphatic carbocycles. The average Bonchev–Trinajstić information content (AvgIpc) is 2.16. The van der Waals surface area contributed by atoms with Gasteiger partial charge < -0.3 is 10.6 Å². The lowest BCUT2D eigenvalue weighted by atomic mass is 9.99. The van der Waals surface area contributed by atoms with Crippen molar-refractivity contribution in [2.75, 3.05) is 18.4 Å². The number of amides is 1. The molecule has 80 valence electrons. The third kappa shape index (κ3) is 2.76. The highest BCUT2D eigenvalue weighted by molar-refractivity contribution is 9.10. The average molecular weight is 270 g/mol. The lowest BCUT2D eigenvalue weighted by molar-refractivity contribution is -0.117. The zero-order valence-corrected chi connectivity index (χ0v) is 9.75. The van der Waals surface area contributed by atoms with E-state index in [0.717, 1.165) is 18.8 Å². The molecule has 2 N–H and O–H groups in total. The number of nitrogens with zero attached hydrogens (tertiary/aromatic N) is 1. The second-order valence-electron chi connectivity index (χ2n) is 3.62. The molecule has 2 heterocycles. The smallest absolute Gasteiger partial charge is 0.224 e. The lowest BCUT2D eigenvalue weighted by Crippen LogP contribution is -2.43. The van der Waals surface area contributed by atoms with E-state index in [2.05, 4.69) is 31.5 Å². The first-order valence-corrected chi connectivity index (χ1v) is 5.66. The van der Waals surface area contributed by atoms with Crippen molar-refractivity contribution in [2.24, 2.45) is 5.92 Å². The molecule has 1 aliphatic heterocycles. The Morgan fingerprint density at radius 3 is 3.07 bits per heavy atom. The number of halogens is 1. The van der Waals surface area contributed by atoms with E-state index in [1.165, 1.54) is 0 Å². The summed E-state index contributed by atoms with van der Waals surface area (Å²) in [7, 11) is 0. The number of pyridine rings is 1. The quantitative estimate of drug-likeness (QED) is 0.816. The maximum Gasteiger partial charge on any atom is 0.224 e. The SMILES string of the molecule is O=C(CC1CNC1)Nc1cccnc1Br. The van der Waals surface area contributed by atoms with Crippen molar-refractivity contribution in [3.63, 3.8) is 0 Å². The molecule has 0 atom stereocenters. The summed E-state index contributed by atoms with van der Waals surface area (Å²) in [6.45, 7) is 1.89. The predicted octanol–water partition coefficient (Wildman–Crippen LogP) is 1.39. The van der Waals surface area contributed by atoms with Crippen LogP contribution >= 0.6 is 15.9 Å². The van der Waals surface area contributed by atoms with E-state index < -0.39 is 0 Å². The Morgan fingerprint density at radius 2 is 2.47 bits per heavy atom. The van der Waals surface area contributed by atoms with Gasteiger partial charge in [-0.1, -0.05) is 0 Å². The van der Waals surface area contributed by atoms with Gasteiger partial charge >= 0.3 is 0 Å². The maximum atomic E-state index is 11.6. The monoisotopic (exact) mass is 269 g/mol. The summed E-state index contributed by atoms with van der Waals surface area (Å²) in [5.41, 5.74) is 0.731. The predicted molar refractivity (Wildman–Crippen MR) is 61.5 cm³/mol. The van der Waals surface area contributed by atoms with E-state index in [0.29, 0.717) is 16.9 Å². The highest BCUT2D eigenvalue weighted by atomic mass is 79.9. The first-order valence-electron chi connectivity index (χ1n) is 4.87. The highest BCUT2D eigenvalue weighted by Gasteiger charge is 2.20. The largest absolute Gasteiger partial charge is 0.324 e. The van der Waals surface area contributed by atoms with Gasteiger partial charge in [0.05, 0.1) is 5.69 Å². The minimum atomic E-state index is 0.0511. The summed E-state index contributed by atoms with van der Waals surface area (Å²) in [6.07, 6.45) is 2.25. The van der Waals surface area contributed by atoms with Crippen molar-refractivity contribution in [1.29, 1.82) is 0 Å². The molecule has 1 aromatic rings. The van der Waals surface area contributed by atoms with Gasteiger partial charge in [-0.25, -0.2) is 4.98 Å². The van der Waals surface area contributed by atoms with Crippen LogP contribution in [0.5, 0.6) is 0 Å². The molecule has 0 bridgehead atoms. The van der Waals surface area contributed by atoms with Crippen LogP contribution in [-0.4, -0.2) is 24.0 Å². The normalized spacial score (nSPS) is 15.8. The lowest BCUT2D eigenvalue weighted by Gasteiger charge is -2.26. The molecular weight excluding hydrogens is 258 g/mol. The van der Waals surface area contributed by atoms with Crippen LogP contribution < -0.4 is 10.6 Å². The molecule has 1 fully saturated rings. The van der Waals surface area contributed by atoms with Gasteiger partial charge in [-0.2, -0.15) is 0 Å². The van der Waals surface area contributed by atoms with E-state index in [9.17, 15) is 4.79 Å². The standard InChI is InChI=1S/C10H12BrN3O/c11-10-8(2-1-3-13-10)14-9(15)4-7-5-12-6-7/h1-3,7,12H,4-6H2,(H,14,15). The molecular formula is C10H12BrN3O. The topological polar surface area (TPSA) is 54.0 Å². The molecule has 5 heteroatoms. The Balaban J connectivity index is 1.90. The minimum absolute atomic E-state index is 0.0511. The molecule has 4 nitrogen and oxygen atoms in total. The molecule has 1 saturated heterocycles. The number of nitrogens with one attached hydrogen (secondary N) is 2. The Labute approximate surface area is 96.6 Å². The zero-order chi connectivity index (χ0) is 10.7. The molecule has 1 amide bonds. The molecule has 0 unspecified atom stereocenters. The molecule has 1 aromatic heterocycles. The van der Waals surface area contributed by atoms with Crippen LogP contribution in [0.4, 0.5) is 5.69 Å². The van der Waals surface area contributed by atoms with E-state index in [4.69, 9.17) is 0 Å². The van der Waals surface area contributed by atoms with Gasteiger partial charge in [0.2, 0.25) is 5.91 Å². The third-order valence-electron chi connectivity index (χ3n) is 2.37. The fraction of sp³-hybridized carbons (Fsp3) is 0.400. The molecule has 0 radical (unpaired) electrons. The molecule has 0 aromatic carbocycles. The van der Waals surface area contributed by atoms with Crippen LogP contribution in [-0.2, 0) is 4.79 Å². The number of carbonyl (C=O) groups excluding carboxylic acids is 1. The number of hydrogen-bond acceptors (Lipinski definition) is 3. The van der Waals surface area contributed by atoms with Crippen molar-refractivity contribution in [3.8, 4) is 0 Å². The molecule has 15 heavy (non-hydrogen) atoms. The molecule has 0 saturated carbocycles. The number of anilines is 1. The van der Waals surface area contributed by atoms with Crippen molar-refractivity contribution >= 4 is 27.5 Å². The summed E-state index contributed by atoms with van der Waals surface area (Å²) in [6, 6.07) is 3.62. The van der Waals surface area contributed by atoms with Gasteiger partial charge in [0.15, 0.2) is 0 Å². The van der Waals surface area contributed by atoms with Gasteiger partial charge in [-0.3, -0.25) is 4.79 Å². The van der Waals surface area contributed by atoms with Crippen molar-refractivity contribution in [3.05, 3.63) is 22.9 Å². The van der Waals surface area contributed by atoms with Crippen LogP contribution in [0.2, 0.25) is 0 Å².